The number of phosphoric acid groups is 2. The van der Waals surface area contributed by atoms with Crippen molar-refractivity contribution in [3.05, 3.63) is 60.8 Å². The number of hydrogen-bond acceptors (Lipinski definition) is 13. The summed E-state index contributed by atoms with van der Waals surface area (Å²) in [7, 11) is -10.7. The number of aliphatic hydroxyl groups excluding tert-OH is 4. The Balaban J connectivity index is 2.62. The van der Waals surface area contributed by atoms with E-state index in [1.807, 2.05) is 0 Å². The van der Waals surface area contributed by atoms with Crippen molar-refractivity contribution in [3.8, 4) is 0 Å². The zero-order chi connectivity index (χ0) is 48.2. The van der Waals surface area contributed by atoms with Crippen molar-refractivity contribution >= 4 is 27.6 Å². The summed E-state index contributed by atoms with van der Waals surface area (Å²) in [4.78, 5) is 54.3. The zero-order valence-electron chi connectivity index (χ0n) is 38.9. The molecule has 0 amide bonds. The summed E-state index contributed by atoms with van der Waals surface area (Å²) in [5.41, 5.74) is 0. The van der Waals surface area contributed by atoms with Gasteiger partial charge in [0.25, 0.3) is 0 Å². The van der Waals surface area contributed by atoms with E-state index in [4.69, 9.17) is 18.5 Å². The SMILES string of the molecule is CCCCC/C=C\C/C=C\C/C=C\CCCCCCC(=O)O[C@H](COC(=O)CCCCCCC/C=C\C/C=C\CCCCC)COP(=O)(O)O[C@H]1C(O)C(O)C(O)[C@@H](OP(=O)(O)O)C1O. The molecule has 18 heteroatoms. The highest BCUT2D eigenvalue weighted by atomic mass is 31.2. The zero-order valence-corrected chi connectivity index (χ0v) is 40.7. The van der Waals surface area contributed by atoms with E-state index >= 15 is 0 Å². The predicted octanol–water partition coefficient (Wildman–Crippen LogP) is 9.06. The molecule has 0 aliphatic heterocycles. The Morgan fingerprint density at radius 2 is 0.892 bits per heavy atom. The second-order valence-corrected chi connectivity index (χ2v) is 19.1. The molecule has 0 aromatic carbocycles. The molecule has 7 N–H and O–H groups in total. The molecule has 1 aliphatic carbocycles. The highest BCUT2D eigenvalue weighted by Crippen LogP contribution is 2.49. The molecule has 0 aromatic heterocycles. The Labute approximate surface area is 388 Å². The van der Waals surface area contributed by atoms with E-state index in [0.29, 0.717) is 12.8 Å². The maximum atomic E-state index is 13.0. The van der Waals surface area contributed by atoms with Crippen LogP contribution in [0.3, 0.4) is 0 Å². The van der Waals surface area contributed by atoms with E-state index in [0.717, 1.165) is 89.9 Å². The summed E-state index contributed by atoms with van der Waals surface area (Å²) in [5, 5.41) is 41.2. The summed E-state index contributed by atoms with van der Waals surface area (Å²) in [6.07, 6.45) is 28.9. The fraction of sp³-hybridized carbons (Fsp3) is 0.745. The molecule has 16 nitrogen and oxygen atoms in total. The van der Waals surface area contributed by atoms with Gasteiger partial charge in [-0.3, -0.25) is 23.2 Å². The highest BCUT2D eigenvalue weighted by Gasteiger charge is 2.54. The van der Waals surface area contributed by atoms with E-state index in [9.17, 15) is 53.8 Å². The second kappa shape index (κ2) is 37.7. The van der Waals surface area contributed by atoms with Crippen LogP contribution in [0.4, 0.5) is 0 Å². The first-order valence-electron chi connectivity index (χ1n) is 23.8. The second-order valence-electron chi connectivity index (χ2n) is 16.5. The average Bonchev–Trinajstić information content (AvgIpc) is 3.26. The molecule has 1 saturated carbocycles. The van der Waals surface area contributed by atoms with Crippen LogP contribution in [0.2, 0.25) is 0 Å². The average molecular weight is 965 g/mol. The first kappa shape index (κ1) is 60.7. The van der Waals surface area contributed by atoms with Crippen LogP contribution in [-0.4, -0.2) is 103 Å². The first-order valence-corrected chi connectivity index (χ1v) is 26.9. The van der Waals surface area contributed by atoms with Gasteiger partial charge in [0.1, 0.15) is 43.2 Å². The number of phosphoric ester groups is 2. The van der Waals surface area contributed by atoms with Crippen molar-refractivity contribution in [2.45, 2.75) is 211 Å². The number of carbonyl (C=O) groups is 2. The predicted molar refractivity (Wildman–Crippen MR) is 250 cm³/mol. The molecular formula is C47H82O16P2. The molecule has 1 fully saturated rings. The van der Waals surface area contributed by atoms with Gasteiger partial charge in [-0.05, 0) is 83.5 Å². The number of carbonyl (C=O) groups excluding carboxylic acids is 2. The standard InChI is InChI=1S/C47H82O16P2/c1-3-5-7-9-11-13-15-17-19-20-22-24-26-28-30-32-34-36-41(49)61-39(37-59-40(48)35-33-31-29-27-25-23-21-18-16-14-12-10-8-6-4-2)38-60-65(57,58)63-47-44(52)42(50)43(51)46(45(47)53)62-64(54,55)56/h11-14,17-19,21-22,24,39,42-47,50-53H,3-10,15-16,20,23,25-38H2,1-2H3,(H,57,58)(H2,54,55,56)/b13-11-,14-12-,19-17-,21-18-,24-22-/t39-,42?,43?,44?,45?,46-,47+/m1/s1. The van der Waals surface area contributed by atoms with Gasteiger partial charge in [0.05, 0.1) is 6.61 Å². The Hall–Kier alpha value is -2.30. The van der Waals surface area contributed by atoms with Crippen molar-refractivity contribution < 1.29 is 76.9 Å². The van der Waals surface area contributed by atoms with Crippen molar-refractivity contribution in [1.29, 1.82) is 0 Å². The smallest absolute Gasteiger partial charge is 0.462 e. The maximum Gasteiger partial charge on any atom is 0.472 e. The summed E-state index contributed by atoms with van der Waals surface area (Å²) in [6.45, 7) is 3.02. The van der Waals surface area contributed by atoms with Gasteiger partial charge in [0.2, 0.25) is 0 Å². The monoisotopic (exact) mass is 965 g/mol. The number of rotatable bonds is 39. The Bertz CT molecular complexity index is 1490. The van der Waals surface area contributed by atoms with Crippen molar-refractivity contribution in [2.24, 2.45) is 0 Å². The van der Waals surface area contributed by atoms with Crippen molar-refractivity contribution in [2.75, 3.05) is 13.2 Å². The number of ether oxygens (including phenoxy) is 2. The quantitative estimate of drug-likeness (QED) is 0.0131. The third-order valence-electron chi connectivity index (χ3n) is 10.6. The molecule has 0 radical (unpaired) electrons. The third kappa shape index (κ3) is 32.2. The number of unbranched alkanes of at least 4 members (excludes halogenated alkanes) is 15. The van der Waals surface area contributed by atoms with Crippen molar-refractivity contribution in [1.82, 2.24) is 0 Å². The van der Waals surface area contributed by atoms with E-state index in [-0.39, 0.29) is 12.8 Å². The summed E-state index contributed by atoms with van der Waals surface area (Å²) >= 11 is 0. The molecule has 1 rings (SSSR count). The molecule has 65 heavy (non-hydrogen) atoms. The van der Waals surface area contributed by atoms with Crippen LogP contribution in [0.1, 0.15) is 168 Å². The molecule has 0 heterocycles. The summed E-state index contributed by atoms with van der Waals surface area (Å²) < 4.78 is 49.3. The minimum atomic E-state index is -5.37. The fourth-order valence-electron chi connectivity index (χ4n) is 6.83. The van der Waals surface area contributed by atoms with Crippen LogP contribution in [-0.2, 0) is 41.8 Å². The molecule has 376 valence electrons. The van der Waals surface area contributed by atoms with Crippen LogP contribution in [0.25, 0.3) is 0 Å². The Morgan fingerprint density at radius 3 is 1.35 bits per heavy atom. The van der Waals surface area contributed by atoms with Gasteiger partial charge < -0.3 is 44.6 Å². The van der Waals surface area contributed by atoms with Crippen LogP contribution in [0.15, 0.2) is 60.8 Å². The molecule has 0 saturated heterocycles. The van der Waals surface area contributed by atoms with Crippen LogP contribution in [0.5, 0.6) is 0 Å². The topological polar surface area (TPSA) is 256 Å². The minimum Gasteiger partial charge on any atom is -0.462 e. The van der Waals surface area contributed by atoms with Crippen molar-refractivity contribution in [3.63, 3.8) is 0 Å². The van der Waals surface area contributed by atoms with Crippen LogP contribution >= 0.6 is 15.6 Å². The van der Waals surface area contributed by atoms with Gasteiger partial charge in [0, 0.05) is 12.8 Å². The van der Waals surface area contributed by atoms with E-state index in [1.54, 1.807) is 0 Å². The molecule has 1 aliphatic rings. The van der Waals surface area contributed by atoms with Gasteiger partial charge in [0.15, 0.2) is 6.10 Å². The van der Waals surface area contributed by atoms with Gasteiger partial charge >= 0.3 is 27.6 Å². The summed E-state index contributed by atoms with van der Waals surface area (Å²) in [5.74, 6) is -1.25. The van der Waals surface area contributed by atoms with Gasteiger partial charge in [-0.25, -0.2) is 9.13 Å². The normalized spacial score (nSPS) is 22.2. The lowest BCUT2D eigenvalue weighted by Gasteiger charge is -2.43. The first-order chi connectivity index (χ1) is 31.1. The third-order valence-corrected chi connectivity index (χ3v) is 12.1. The molecule has 8 atom stereocenters. The highest BCUT2D eigenvalue weighted by molar-refractivity contribution is 7.47. The molecular weight excluding hydrogens is 882 g/mol. The van der Waals surface area contributed by atoms with Gasteiger partial charge in [-0.1, -0.05) is 132 Å². The Kier molecular flexibility index (Phi) is 35.2. The Morgan fingerprint density at radius 1 is 0.492 bits per heavy atom. The number of esters is 2. The molecule has 5 unspecified atom stereocenters. The maximum absolute atomic E-state index is 13.0. The number of allylic oxidation sites excluding steroid dienone is 10. The molecule has 0 bridgehead atoms. The van der Waals surface area contributed by atoms with E-state index < -0.39 is 83.5 Å². The van der Waals surface area contributed by atoms with E-state index in [1.165, 1.54) is 38.5 Å². The fourth-order valence-corrected chi connectivity index (χ4v) is 8.37. The van der Waals surface area contributed by atoms with Crippen LogP contribution in [0, 0.1) is 0 Å². The lowest BCUT2D eigenvalue weighted by Crippen LogP contribution is -2.64. The summed E-state index contributed by atoms with van der Waals surface area (Å²) in [6, 6.07) is 0. The molecule has 0 aromatic rings. The van der Waals surface area contributed by atoms with Gasteiger partial charge in [-0.15, -0.1) is 0 Å². The molecule has 0 spiro atoms. The minimum absolute atomic E-state index is 0.0129. The number of aliphatic hydroxyl groups is 4. The lowest BCUT2D eigenvalue weighted by atomic mass is 9.85. The van der Waals surface area contributed by atoms with E-state index in [2.05, 4.69) is 79.1 Å². The number of hydrogen-bond donors (Lipinski definition) is 7. The lowest BCUT2D eigenvalue weighted by molar-refractivity contribution is -0.216. The van der Waals surface area contributed by atoms with Crippen LogP contribution < -0.4 is 0 Å². The van der Waals surface area contributed by atoms with Gasteiger partial charge in [-0.2, -0.15) is 0 Å². The largest absolute Gasteiger partial charge is 0.472 e.